The third-order valence-corrected chi connectivity index (χ3v) is 5.21. The van der Waals surface area contributed by atoms with Crippen molar-refractivity contribution in [2.75, 3.05) is 38.2 Å². The van der Waals surface area contributed by atoms with E-state index in [0.29, 0.717) is 13.2 Å². The summed E-state index contributed by atoms with van der Waals surface area (Å²) >= 11 is 0. The lowest BCUT2D eigenvalue weighted by Crippen LogP contribution is -2.40. The Morgan fingerprint density at radius 3 is 2.74 bits per heavy atom. The number of nitrogens with one attached hydrogen (secondary N) is 3. The van der Waals surface area contributed by atoms with Crippen LogP contribution in [0.5, 0.6) is 0 Å². The Balaban J connectivity index is 2.10. The lowest BCUT2D eigenvalue weighted by Gasteiger charge is -2.32. The standard InChI is InChI=1S/C24H38N4O3/c1-8-18-10-11-25-16-19(18)14-21(28(7)22-20(9-2)17(3)15-27-22)30-13-12-26-23(29)31-24(4,5)6/h8-9,15,21,25,27H,1-2,10-14,16H2,3-7H3,(H,26,29). The van der Waals surface area contributed by atoms with Gasteiger partial charge < -0.3 is 30.0 Å². The third kappa shape index (κ3) is 7.29. The number of aromatic amines is 1. The molecule has 0 aromatic carbocycles. The van der Waals surface area contributed by atoms with E-state index in [2.05, 4.69) is 40.6 Å². The van der Waals surface area contributed by atoms with Crippen LogP contribution in [0.1, 0.15) is 44.7 Å². The molecule has 2 heterocycles. The van der Waals surface area contributed by atoms with Gasteiger partial charge in [-0.2, -0.15) is 0 Å². The lowest BCUT2D eigenvalue weighted by atomic mass is 9.98. The van der Waals surface area contributed by atoms with E-state index in [-0.39, 0.29) is 6.23 Å². The summed E-state index contributed by atoms with van der Waals surface area (Å²) in [6.45, 7) is 18.0. The lowest BCUT2D eigenvalue weighted by molar-refractivity contribution is 0.0393. The topological polar surface area (TPSA) is 78.6 Å². The van der Waals surface area contributed by atoms with Crippen LogP contribution in [0.15, 0.2) is 36.6 Å². The predicted molar refractivity (Wildman–Crippen MR) is 127 cm³/mol. The highest BCUT2D eigenvalue weighted by Gasteiger charge is 2.23. The molecule has 3 N–H and O–H groups in total. The number of aromatic nitrogens is 1. The number of hydrogen-bond donors (Lipinski definition) is 3. The van der Waals surface area contributed by atoms with Gasteiger partial charge in [0.15, 0.2) is 0 Å². The van der Waals surface area contributed by atoms with Gasteiger partial charge in [0.25, 0.3) is 0 Å². The second-order valence-electron chi connectivity index (χ2n) is 8.77. The highest BCUT2D eigenvalue weighted by molar-refractivity contribution is 5.68. The average Bonchev–Trinajstić information content (AvgIpc) is 3.09. The van der Waals surface area contributed by atoms with Crippen LogP contribution in [0.25, 0.3) is 6.08 Å². The SMILES string of the molecule is C=CC1=C(CC(OCCNC(=O)OC(C)(C)C)N(C)c2[nH]cc(C)c2C=C)CNCC1. The average molecular weight is 431 g/mol. The first-order valence-corrected chi connectivity index (χ1v) is 10.8. The van der Waals surface area contributed by atoms with E-state index in [9.17, 15) is 4.79 Å². The van der Waals surface area contributed by atoms with E-state index >= 15 is 0 Å². The van der Waals surface area contributed by atoms with Crippen molar-refractivity contribution in [1.29, 1.82) is 0 Å². The molecular weight excluding hydrogens is 392 g/mol. The molecule has 1 aromatic heterocycles. The molecule has 1 atom stereocenters. The van der Waals surface area contributed by atoms with E-state index in [0.717, 1.165) is 42.9 Å². The molecule has 0 bridgehead atoms. The van der Waals surface area contributed by atoms with E-state index in [1.807, 2.05) is 46.2 Å². The number of rotatable bonds is 10. The van der Waals surface area contributed by atoms with Gasteiger partial charge in [-0.15, -0.1) is 0 Å². The summed E-state index contributed by atoms with van der Waals surface area (Å²) in [5, 5.41) is 6.19. The van der Waals surface area contributed by atoms with Gasteiger partial charge in [-0.3, -0.25) is 0 Å². The summed E-state index contributed by atoms with van der Waals surface area (Å²) in [6, 6.07) is 0. The molecule has 0 fully saturated rings. The Hall–Kier alpha value is -2.51. The number of aryl methyl sites for hydroxylation is 1. The maximum atomic E-state index is 11.9. The molecule has 0 radical (unpaired) electrons. The first kappa shape index (κ1) is 24.8. The normalized spacial score (nSPS) is 15.4. The summed E-state index contributed by atoms with van der Waals surface area (Å²) in [5.74, 6) is 0.960. The number of amides is 1. The van der Waals surface area contributed by atoms with Gasteiger partial charge >= 0.3 is 6.09 Å². The minimum absolute atomic E-state index is 0.220. The Labute approximate surface area is 186 Å². The number of allylic oxidation sites excluding steroid dienone is 1. The van der Waals surface area contributed by atoms with Crippen LogP contribution in [-0.2, 0) is 9.47 Å². The minimum atomic E-state index is -0.526. The largest absolute Gasteiger partial charge is 0.444 e. The van der Waals surface area contributed by atoms with E-state index in [1.165, 1.54) is 11.1 Å². The molecule has 31 heavy (non-hydrogen) atoms. The molecule has 1 aliphatic heterocycles. The molecule has 1 aliphatic rings. The Kier molecular flexibility index (Phi) is 8.95. The van der Waals surface area contributed by atoms with Crippen LogP contribution in [0, 0.1) is 6.92 Å². The molecular formula is C24H38N4O3. The summed E-state index contributed by atoms with van der Waals surface area (Å²) in [7, 11) is 2.01. The number of ether oxygens (including phenoxy) is 2. The summed E-state index contributed by atoms with van der Waals surface area (Å²) in [5.41, 5.74) is 4.23. The van der Waals surface area contributed by atoms with Crippen molar-refractivity contribution >= 4 is 18.0 Å². The molecule has 7 nitrogen and oxygen atoms in total. The molecule has 172 valence electrons. The van der Waals surface area contributed by atoms with Gasteiger partial charge in [-0.1, -0.05) is 25.3 Å². The molecule has 1 unspecified atom stereocenters. The number of hydrogen-bond acceptors (Lipinski definition) is 5. The van der Waals surface area contributed by atoms with Crippen molar-refractivity contribution in [3.05, 3.63) is 47.7 Å². The molecule has 0 saturated carbocycles. The molecule has 1 aromatic rings. The zero-order valence-electron chi connectivity index (χ0n) is 19.6. The number of carbonyl (C=O) groups excluding carboxylic acids is 1. The molecule has 1 amide bonds. The minimum Gasteiger partial charge on any atom is -0.444 e. The monoisotopic (exact) mass is 430 g/mol. The highest BCUT2D eigenvalue weighted by Crippen LogP contribution is 2.28. The van der Waals surface area contributed by atoms with Gasteiger partial charge in [0.05, 0.1) is 6.61 Å². The number of H-pyrrole nitrogens is 1. The van der Waals surface area contributed by atoms with Crippen LogP contribution in [0.3, 0.4) is 0 Å². The van der Waals surface area contributed by atoms with Crippen LogP contribution in [0.2, 0.25) is 0 Å². The fourth-order valence-electron chi connectivity index (χ4n) is 3.60. The Morgan fingerprint density at radius 2 is 2.10 bits per heavy atom. The first-order valence-electron chi connectivity index (χ1n) is 10.8. The number of carbonyl (C=O) groups is 1. The highest BCUT2D eigenvalue weighted by atomic mass is 16.6. The number of nitrogens with zero attached hydrogens (tertiary/aromatic N) is 1. The zero-order chi connectivity index (χ0) is 23.0. The summed E-state index contributed by atoms with van der Waals surface area (Å²) < 4.78 is 11.5. The second kappa shape index (κ2) is 11.2. The fraction of sp³-hybridized carbons (Fsp3) is 0.542. The van der Waals surface area contributed by atoms with Gasteiger partial charge in [0, 0.05) is 38.3 Å². The van der Waals surface area contributed by atoms with Gasteiger partial charge in [-0.05, 0) is 57.4 Å². The Morgan fingerprint density at radius 1 is 1.35 bits per heavy atom. The smallest absolute Gasteiger partial charge is 0.407 e. The van der Waals surface area contributed by atoms with Crippen molar-refractivity contribution in [1.82, 2.24) is 15.6 Å². The third-order valence-electron chi connectivity index (χ3n) is 5.21. The van der Waals surface area contributed by atoms with Crippen molar-refractivity contribution in [3.63, 3.8) is 0 Å². The van der Waals surface area contributed by atoms with Crippen molar-refractivity contribution in [2.24, 2.45) is 0 Å². The molecule has 7 heteroatoms. The van der Waals surface area contributed by atoms with Gasteiger partial charge in [0.2, 0.25) is 0 Å². The first-order chi connectivity index (χ1) is 14.7. The van der Waals surface area contributed by atoms with Crippen molar-refractivity contribution < 1.29 is 14.3 Å². The fourth-order valence-corrected chi connectivity index (χ4v) is 3.60. The molecule has 0 saturated heterocycles. The van der Waals surface area contributed by atoms with E-state index < -0.39 is 11.7 Å². The second-order valence-corrected chi connectivity index (χ2v) is 8.77. The van der Waals surface area contributed by atoms with Crippen LogP contribution >= 0.6 is 0 Å². The maximum absolute atomic E-state index is 11.9. The predicted octanol–water partition coefficient (Wildman–Crippen LogP) is 4.14. The Bertz CT molecular complexity index is 804. The van der Waals surface area contributed by atoms with Crippen molar-refractivity contribution in [3.8, 4) is 0 Å². The van der Waals surface area contributed by atoms with Gasteiger partial charge in [-0.25, -0.2) is 4.79 Å². The molecule has 0 aliphatic carbocycles. The quantitative estimate of drug-likeness (QED) is 0.384. The van der Waals surface area contributed by atoms with Crippen LogP contribution in [-0.4, -0.2) is 56.2 Å². The van der Waals surface area contributed by atoms with Crippen LogP contribution in [0.4, 0.5) is 10.6 Å². The van der Waals surface area contributed by atoms with E-state index in [4.69, 9.17) is 9.47 Å². The maximum Gasteiger partial charge on any atom is 0.407 e. The molecule has 2 rings (SSSR count). The van der Waals surface area contributed by atoms with E-state index in [1.54, 1.807) is 0 Å². The zero-order valence-corrected chi connectivity index (χ0v) is 19.6. The summed E-state index contributed by atoms with van der Waals surface area (Å²) in [4.78, 5) is 17.3. The van der Waals surface area contributed by atoms with Crippen LogP contribution < -0.4 is 15.5 Å². The van der Waals surface area contributed by atoms with Gasteiger partial charge in [0.1, 0.15) is 17.6 Å². The number of alkyl carbamates (subject to hydrolysis) is 1. The number of anilines is 1. The summed E-state index contributed by atoms with van der Waals surface area (Å²) in [6.07, 6.45) is 6.81. The molecule has 0 spiro atoms. The van der Waals surface area contributed by atoms with Crippen molar-refractivity contribution in [2.45, 2.75) is 52.4 Å².